The van der Waals surface area contributed by atoms with Gasteiger partial charge in [-0.1, -0.05) is 60.7 Å². The van der Waals surface area contributed by atoms with E-state index in [0.29, 0.717) is 22.4 Å². The van der Waals surface area contributed by atoms with Gasteiger partial charge in [-0.3, -0.25) is 0 Å². The molecule has 0 heterocycles. The molecule has 0 aromatic heterocycles. The maximum absolute atomic E-state index is 6.55. The Kier molecular flexibility index (Phi) is 7.69. The fourth-order valence-electron chi connectivity index (χ4n) is 3.12. The first-order valence-corrected chi connectivity index (χ1v) is 15.5. The molecule has 0 aliphatic heterocycles. The van der Waals surface area contributed by atoms with E-state index in [1.54, 1.807) is 0 Å². The van der Waals surface area contributed by atoms with E-state index in [4.69, 9.17) is 4.43 Å². The zero-order valence-electron chi connectivity index (χ0n) is 17.4. The smallest absolute Gasteiger partial charge is 0.241 e. The zero-order valence-corrected chi connectivity index (χ0v) is 19.4. The average molecular weight is 343 g/mol. The number of rotatable bonds is 8. The molecule has 0 unspecified atom stereocenters. The van der Waals surface area contributed by atoms with Crippen molar-refractivity contribution in [1.82, 2.24) is 0 Å². The second-order valence-electron chi connectivity index (χ2n) is 9.69. The highest BCUT2D eigenvalue weighted by atomic mass is 28.4. The van der Waals surface area contributed by atoms with Gasteiger partial charge in [0, 0.05) is 5.54 Å². The van der Waals surface area contributed by atoms with Crippen molar-refractivity contribution in [2.24, 2.45) is 11.8 Å². The monoisotopic (exact) mass is 342 g/mol. The lowest BCUT2D eigenvalue weighted by atomic mass is 9.99. The molecule has 0 spiro atoms. The van der Waals surface area contributed by atoms with E-state index in [0.717, 1.165) is 0 Å². The molecule has 0 saturated carbocycles. The van der Waals surface area contributed by atoms with Gasteiger partial charge in [-0.05, 0) is 49.9 Å². The Morgan fingerprint density at radius 3 is 1.73 bits per heavy atom. The van der Waals surface area contributed by atoms with Crippen molar-refractivity contribution in [2.45, 2.75) is 98.2 Å². The van der Waals surface area contributed by atoms with Crippen LogP contribution in [0.1, 0.15) is 54.9 Å². The van der Waals surface area contributed by atoms with Crippen molar-refractivity contribution in [3.8, 4) is 0 Å². The largest absolute Gasteiger partial charge is 0.548 e. The van der Waals surface area contributed by atoms with Crippen molar-refractivity contribution < 1.29 is 4.43 Å². The third-order valence-electron chi connectivity index (χ3n) is 5.73. The van der Waals surface area contributed by atoms with E-state index in [1.807, 2.05) is 0 Å². The molecular formula is C19H42OSi2. The summed E-state index contributed by atoms with van der Waals surface area (Å²) in [5.41, 5.74) is 0.613. The number of hydrogen-bond donors (Lipinski definition) is 0. The maximum atomic E-state index is 6.55. The van der Waals surface area contributed by atoms with Gasteiger partial charge < -0.3 is 4.43 Å². The molecule has 0 amide bonds. The molecule has 0 aliphatic carbocycles. The molecule has 1 nitrogen and oxygen atoms in total. The molecule has 0 aromatic carbocycles. The van der Waals surface area contributed by atoms with Crippen LogP contribution >= 0.6 is 0 Å². The third-order valence-corrected chi connectivity index (χ3v) is 12.7. The molecule has 0 fully saturated rings. The van der Waals surface area contributed by atoms with Gasteiger partial charge in [0.1, 0.15) is 0 Å². The summed E-state index contributed by atoms with van der Waals surface area (Å²) in [7, 11) is -3.11. The lowest BCUT2D eigenvalue weighted by Crippen LogP contribution is -2.48. The Labute approximate surface area is 143 Å². The Morgan fingerprint density at radius 1 is 1.00 bits per heavy atom. The van der Waals surface area contributed by atoms with Crippen molar-refractivity contribution in [3.63, 3.8) is 0 Å². The van der Waals surface area contributed by atoms with Crippen LogP contribution in [-0.4, -0.2) is 16.4 Å². The van der Waals surface area contributed by atoms with Crippen LogP contribution in [0.5, 0.6) is 0 Å². The fourth-order valence-corrected chi connectivity index (χ4v) is 8.58. The average Bonchev–Trinajstić information content (AvgIpc) is 2.31. The standard InChI is InChI=1S/C19H42OSi2/c1-13-17(20-21(8,9)10)18(14-15(2)3)22(11,12)19(6,7)16(4)5/h13,15-16,18H,14H2,1-12H3/b17-13-/t18-/m0/s1. The van der Waals surface area contributed by atoms with Crippen LogP contribution in [-0.2, 0) is 4.43 Å². The van der Waals surface area contributed by atoms with Gasteiger partial charge in [0.25, 0.3) is 0 Å². The Bertz CT molecular complexity index is 373. The summed E-state index contributed by atoms with van der Waals surface area (Å²) in [5.74, 6) is 2.70. The van der Waals surface area contributed by atoms with Crippen LogP contribution in [0.25, 0.3) is 0 Å². The predicted octanol–water partition coefficient (Wildman–Crippen LogP) is 7.30. The topological polar surface area (TPSA) is 9.23 Å². The van der Waals surface area contributed by atoms with Crippen LogP contribution in [0.15, 0.2) is 11.8 Å². The van der Waals surface area contributed by atoms with Crippen molar-refractivity contribution in [2.75, 3.05) is 0 Å². The van der Waals surface area contributed by atoms with Crippen LogP contribution < -0.4 is 0 Å². The van der Waals surface area contributed by atoms with Crippen molar-refractivity contribution >= 4 is 16.4 Å². The molecule has 0 rings (SSSR count). The van der Waals surface area contributed by atoms with Gasteiger partial charge in [0.2, 0.25) is 8.32 Å². The van der Waals surface area contributed by atoms with E-state index in [-0.39, 0.29) is 0 Å². The second-order valence-corrected chi connectivity index (χ2v) is 19.5. The minimum Gasteiger partial charge on any atom is -0.548 e. The number of hydrogen-bond acceptors (Lipinski definition) is 1. The van der Waals surface area contributed by atoms with Gasteiger partial charge in [-0.15, -0.1) is 0 Å². The molecule has 0 aliphatic rings. The van der Waals surface area contributed by atoms with Gasteiger partial charge in [-0.25, -0.2) is 0 Å². The molecule has 132 valence electrons. The predicted molar refractivity (Wildman–Crippen MR) is 108 cm³/mol. The summed E-state index contributed by atoms with van der Waals surface area (Å²) in [6.45, 7) is 28.7. The normalized spacial score (nSPS) is 16.4. The Hall–Kier alpha value is -0.0262. The minimum absolute atomic E-state index is 0.392. The summed E-state index contributed by atoms with van der Waals surface area (Å²) >= 11 is 0. The van der Waals surface area contributed by atoms with Gasteiger partial charge in [0.05, 0.1) is 13.8 Å². The highest BCUT2D eigenvalue weighted by molar-refractivity contribution is 6.82. The van der Waals surface area contributed by atoms with E-state index in [1.165, 1.54) is 12.2 Å². The molecule has 3 heteroatoms. The highest BCUT2D eigenvalue weighted by Gasteiger charge is 2.48. The quantitative estimate of drug-likeness (QED) is 0.332. The summed E-state index contributed by atoms with van der Waals surface area (Å²) < 4.78 is 6.55. The second kappa shape index (κ2) is 7.70. The highest BCUT2D eigenvalue weighted by Crippen LogP contribution is 2.53. The SMILES string of the molecule is C/C=C(\O[Si](C)(C)C)[C@H](CC(C)C)[Si](C)(C)C(C)(C)C(C)C. The molecular weight excluding hydrogens is 300 g/mol. The minimum atomic E-state index is -1.57. The van der Waals surface area contributed by atoms with Crippen molar-refractivity contribution in [1.29, 1.82) is 0 Å². The molecule has 0 saturated heterocycles. The first-order valence-electron chi connectivity index (χ1n) is 9.02. The van der Waals surface area contributed by atoms with E-state index >= 15 is 0 Å². The van der Waals surface area contributed by atoms with Crippen LogP contribution in [0, 0.1) is 11.8 Å². The molecule has 0 aromatic rings. The van der Waals surface area contributed by atoms with Gasteiger partial charge in [0.15, 0.2) is 0 Å². The van der Waals surface area contributed by atoms with Crippen molar-refractivity contribution in [3.05, 3.63) is 11.8 Å². The zero-order chi connectivity index (χ0) is 17.9. The summed E-state index contributed by atoms with van der Waals surface area (Å²) in [5, 5.41) is 0.392. The Balaban J connectivity index is 5.81. The summed E-state index contributed by atoms with van der Waals surface area (Å²) in [4.78, 5) is 0. The first kappa shape index (κ1) is 22.0. The Morgan fingerprint density at radius 2 is 1.45 bits per heavy atom. The molecule has 0 bridgehead atoms. The fraction of sp³-hybridized carbons (Fsp3) is 0.895. The van der Waals surface area contributed by atoms with E-state index < -0.39 is 16.4 Å². The maximum Gasteiger partial charge on any atom is 0.241 e. The molecule has 22 heavy (non-hydrogen) atoms. The van der Waals surface area contributed by atoms with Gasteiger partial charge in [-0.2, -0.15) is 0 Å². The van der Waals surface area contributed by atoms with Gasteiger partial charge >= 0.3 is 0 Å². The summed E-state index contributed by atoms with van der Waals surface area (Å²) in [6.07, 6.45) is 3.51. The number of allylic oxidation sites excluding steroid dienone is 2. The van der Waals surface area contributed by atoms with E-state index in [2.05, 4.69) is 87.3 Å². The first-order chi connectivity index (χ1) is 9.66. The van der Waals surface area contributed by atoms with Crippen LogP contribution in [0.4, 0.5) is 0 Å². The van der Waals surface area contributed by atoms with E-state index in [9.17, 15) is 0 Å². The van der Waals surface area contributed by atoms with Crippen LogP contribution in [0.2, 0.25) is 43.3 Å². The third kappa shape index (κ3) is 5.56. The lowest BCUT2D eigenvalue weighted by molar-refractivity contribution is 0.364. The molecule has 0 radical (unpaired) electrons. The molecule has 0 N–H and O–H groups in total. The lowest BCUT2D eigenvalue weighted by Gasteiger charge is -2.49. The molecule has 1 atom stereocenters. The van der Waals surface area contributed by atoms with Crippen LogP contribution in [0.3, 0.4) is 0 Å². The summed E-state index contributed by atoms with van der Waals surface area (Å²) in [6, 6.07) is 0.